The first-order valence-electron chi connectivity index (χ1n) is 2.64. The maximum absolute atomic E-state index is 12.2. The van der Waals surface area contributed by atoms with Crippen LogP contribution in [0.5, 0.6) is 0 Å². The van der Waals surface area contributed by atoms with Gasteiger partial charge in [0.1, 0.15) is 0 Å². The van der Waals surface area contributed by atoms with Crippen molar-refractivity contribution in [1.82, 2.24) is 0 Å². The molecule has 0 rings (SSSR count). The maximum atomic E-state index is 12.2. The van der Waals surface area contributed by atoms with Gasteiger partial charge in [0.05, 0.1) is 5.54 Å². The van der Waals surface area contributed by atoms with E-state index in [4.69, 9.17) is 5.73 Å². The molecule has 0 aromatic rings. The van der Waals surface area contributed by atoms with Gasteiger partial charge in [-0.2, -0.15) is 8.78 Å². The van der Waals surface area contributed by atoms with Gasteiger partial charge in [0.25, 0.3) is 0 Å². The zero-order valence-electron chi connectivity index (χ0n) is 5.67. The summed E-state index contributed by atoms with van der Waals surface area (Å²) in [6.45, 7) is 1.72. The van der Waals surface area contributed by atoms with Crippen molar-refractivity contribution in [2.75, 3.05) is 0 Å². The predicted molar refractivity (Wildman–Crippen MR) is 29.2 cm³/mol. The molecule has 0 bridgehead atoms. The third-order valence-corrected chi connectivity index (χ3v) is 1.13. The van der Waals surface area contributed by atoms with Crippen molar-refractivity contribution < 1.29 is 17.6 Å². The van der Waals surface area contributed by atoms with Gasteiger partial charge in [-0.15, -0.1) is 0 Å². The third-order valence-electron chi connectivity index (χ3n) is 1.13. The summed E-state index contributed by atoms with van der Waals surface area (Å²) in [6.07, 6.45) is -3.70. The molecule has 0 saturated heterocycles. The van der Waals surface area contributed by atoms with Crippen LogP contribution in [0, 0.1) is 0 Å². The fraction of sp³-hybridized carbons (Fsp3) is 1.00. The van der Waals surface area contributed by atoms with E-state index in [1.54, 1.807) is 0 Å². The van der Waals surface area contributed by atoms with Gasteiger partial charge in [0.2, 0.25) is 0 Å². The van der Waals surface area contributed by atoms with Crippen LogP contribution < -0.4 is 5.73 Å². The summed E-state index contributed by atoms with van der Waals surface area (Å²) in [5, 5.41) is 0. The number of hydrogen-bond donors (Lipinski definition) is 1. The SMILES string of the molecule is CC(C)(N)C(F)(F)C(F)F. The van der Waals surface area contributed by atoms with E-state index in [1.165, 1.54) is 0 Å². The van der Waals surface area contributed by atoms with Crippen molar-refractivity contribution in [3.63, 3.8) is 0 Å². The van der Waals surface area contributed by atoms with Gasteiger partial charge in [0.15, 0.2) is 0 Å². The van der Waals surface area contributed by atoms with E-state index < -0.39 is 17.9 Å². The number of alkyl halides is 4. The van der Waals surface area contributed by atoms with Crippen LogP contribution in [0.1, 0.15) is 13.8 Å². The lowest BCUT2D eigenvalue weighted by atomic mass is 9.98. The molecule has 0 aromatic carbocycles. The molecular weight excluding hydrogens is 150 g/mol. The molecular formula is C5H9F4N. The van der Waals surface area contributed by atoms with Gasteiger partial charge in [-0.05, 0) is 13.8 Å². The van der Waals surface area contributed by atoms with E-state index in [-0.39, 0.29) is 0 Å². The Balaban J connectivity index is 4.40. The molecule has 0 atom stereocenters. The molecule has 0 heterocycles. The zero-order valence-corrected chi connectivity index (χ0v) is 5.67. The van der Waals surface area contributed by atoms with Crippen molar-refractivity contribution in [1.29, 1.82) is 0 Å². The maximum Gasteiger partial charge on any atom is 0.324 e. The Labute approximate surface area is 56.2 Å². The summed E-state index contributed by atoms with van der Waals surface area (Å²) < 4.78 is 47.3. The highest BCUT2D eigenvalue weighted by Gasteiger charge is 2.52. The molecule has 0 aromatic heterocycles. The Morgan fingerprint density at radius 2 is 1.50 bits per heavy atom. The first-order chi connectivity index (χ1) is 4.19. The van der Waals surface area contributed by atoms with Gasteiger partial charge in [-0.1, -0.05) is 0 Å². The van der Waals surface area contributed by atoms with Crippen LogP contribution in [0.2, 0.25) is 0 Å². The lowest BCUT2D eigenvalue weighted by Gasteiger charge is -2.28. The highest BCUT2D eigenvalue weighted by atomic mass is 19.3. The Bertz CT molecular complexity index is 115. The van der Waals surface area contributed by atoms with Crippen LogP contribution in [0.15, 0.2) is 0 Å². The van der Waals surface area contributed by atoms with Gasteiger partial charge >= 0.3 is 12.3 Å². The molecule has 2 N–H and O–H groups in total. The number of nitrogens with two attached hydrogens (primary N) is 1. The highest BCUT2D eigenvalue weighted by Crippen LogP contribution is 2.32. The smallest absolute Gasteiger partial charge is 0.320 e. The monoisotopic (exact) mass is 159 g/mol. The molecule has 62 valence electrons. The van der Waals surface area contributed by atoms with Crippen LogP contribution in [0.25, 0.3) is 0 Å². The Hall–Kier alpha value is -0.320. The molecule has 0 aliphatic heterocycles. The van der Waals surface area contributed by atoms with E-state index >= 15 is 0 Å². The van der Waals surface area contributed by atoms with E-state index in [2.05, 4.69) is 0 Å². The topological polar surface area (TPSA) is 26.0 Å². The standard InChI is InChI=1S/C5H9F4N/c1-4(2,10)5(8,9)3(6)7/h3H,10H2,1-2H3. The van der Waals surface area contributed by atoms with Crippen LogP contribution in [-0.4, -0.2) is 17.9 Å². The van der Waals surface area contributed by atoms with Crippen molar-refractivity contribution in [3.8, 4) is 0 Å². The second kappa shape index (κ2) is 2.38. The third kappa shape index (κ3) is 1.59. The minimum absolute atomic E-state index is 0.860. The lowest BCUT2D eigenvalue weighted by Crippen LogP contribution is -2.54. The summed E-state index contributed by atoms with van der Waals surface area (Å²) in [6, 6.07) is 0. The number of rotatable bonds is 2. The Kier molecular flexibility index (Phi) is 2.30. The first kappa shape index (κ1) is 9.68. The quantitative estimate of drug-likeness (QED) is 0.609. The summed E-state index contributed by atoms with van der Waals surface area (Å²) >= 11 is 0. The molecule has 0 aliphatic carbocycles. The van der Waals surface area contributed by atoms with Gasteiger partial charge in [0, 0.05) is 0 Å². The average molecular weight is 159 g/mol. The van der Waals surface area contributed by atoms with Crippen LogP contribution in [0.4, 0.5) is 17.6 Å². The minimum Gasteiger partial charge on any atom is -0.320 e. The second-order valence-electron chi connectivity index (χ2n) is 2.65. The first-order valence-corrected chi connectivity index (χ1v) is 2.64. The number of halogens is 4. The fourth-order valence-corrected chi connectivity index (χ4v) is 0.281. The van der Waals surface area contributed by atoms with Gasteiger partial charge in [-0.3, -0.25) is 0 Å². The van der Waals surface area contributed by atoms with Crippen molar-refractivity contribution in [2.45, 2.75) is 31.7 Å². The lowest BCUT2D eigenvalue weighted by molar-refractivity contribution is -0.166. The highest BCUT2D eigenvalue weighted by molar-refractivity contribution is 4.91. The molecule has 10 heavy (non-hydrogen) atoms. The zero-order chi connectivity index (χ0) is 8.58. The van der Waals surface area contributed by atoms with Crippen molar-refractivity contribution in [2.24, 2.45) is 5.73 Å². The molecule has 0 amide bonds. The van der Waals surface area contributed by atoms with E-state index in [0.717, 1.165) is 13.8 Å². The van der Waals surface area contributed by atoms with Crippen molar-refractivity contribution >= 4 is 0 Å². The molecule has 5 heteroatoms. The summed E-state index contributed by atoms with van der Waals surface area (Å²) in [7, 11) is 0. The summed E-state index contributed by atoms with van der Waals surface area (Å²) in [4.78, 5) is 0. The Morgan fingerprint density at radius 1 is 1.20 bits per heavy atom. The largest absolute Gasteiger partial charge is 0.324 e. The molecule has 1 nitrogen and oxygen atoms in total. The van der Waals surface area contributed by atoms with Crippen LogP contribution in [0.3, 0.4) is 0 Å². The molecule has 0 fully saturated rings. The average Bonchev–Trinajstić information content (AvgIpc) is 1.62. The van der Waals surface area contributed by atoms with Crippen LogP contribution in [-0.2, 0) is 0 Å². The molecule has 0 unspecified atom stereocenters. The molecule has 0 aliphatic rings. The van der Waals surface area contributed by atoms with Crippen molar-refractivity contribution in [3.05, 3.63) is 0 Å². The van der Waals surface area contributed by atoms with E-state index in [0.29, 0.717) is 0 Å². The minimum atomic E-state index is -4.12. The fourth-order valence-electron chi connectivity index (χ4n) is 0.281. The number of hydrogen-bond acceptors (Lipinski definition) is 1. The Morgan fingerprint density at radius 3 is 1.50 bits per heavy atom. The van der Waals surface area contributed by atoms with E-state index in [9.17, 15) is 17.6 Å². The van der Waals surface area contributed by atoms with Crippen LogP contribution >= 0.6 is 0 Å². The normalized spacial score (nSPS) is 14.4. The van der Waals surface area contributed by atoms with Gasteiger partial charge < -0.3 is 5.73 Å². The summed E-state index contributed by atoms with van der Waals surface area (Å²) in [5.74, 6) is -4.12. The second-order valence-corrected chi connectivity index (χ2v) is 2.65. The predicted octanol–water partition coefficient (Wildman–Crippen LogP) is 1.62. The van der Waals surface area contributed by atoms with E-state index in [1.807, 2.05) is 0 Å². The molecule has 0 radical (unpaired) electrons. The summed E-state index contributed by atoms with van der Waals surface area (Å²) in [5.41, 5.74) is 2.62. The molecule has 0 saturated carbocycles. The van der Waals surface area contributed by atoms with Gasteiger partial charge in [-0.25, -0.2) is 8.78 Å². The molecule has 0 spiro atoms.